The number of amides is 1. The van der Waals surface area contributed by atoms with E-state index in [-0.39, 0.29) is 11.3 Å². The second kappa shape index (κ2) is 7.94. The van der Waals surface area contributed by atoms with E-state index in [2.05, 4.69) is 4.98 Å². The number of anilines is 1. The highest BCUT2D eigenvalue weighted by atomic mass is 32.1. The van der Waals surface area contributed by atoms with E-state index in [1.54, 1.807) is 30.3 Å². The zero-order valence-electron chi connectivity index (χ0n) is 17.9. The SMILES string of the molecule is Cc1cc(C)c2nc(N3C(=O)C(=O)C(=C(O)c4ccccc4)[C@H]3c3ccc(F)cc3)sc2c1. The molecule has 1 aromatic heterocycles. The standard InChI is InChI=1S/C26H19FN2O3S/c1-14-12-15(2)21-19(13-14)33-26(28-21)29-22(16-8-10-18(27)11-9-16)20(24(31)25(29)32)23(30)17-6-4-3-5-7-17/h3-13,22,30H,1-2H3/t22-/m1/s1. The average molecular weight is 459 g/mol. The molecule has 0 radical (unpaired) electrons. The van der Waals surface area contributed by atoms with Gasteiger partial charge in [-0.2, -0.15) is 0 Å². The average Bonchev–Trinajstić information content (AvgIpc) is 3.33. The molecule has 1 N–H and O–H groups in total. The van der Waals surface area contributed by atoms with Crippen molar-refractivity contribution in [3.63, 3.8) is 0 Å². The Labute approximate surface area is 193 Å². The summed E-state index contributed by atoms with van der Waals surface area (Å²) < 4.78 is 14.6. The van der Waals surface area contributed by atoms with Gasteiger partial charge >= 0.3 is 5.91 Å². The number of hydrogen-bond donors (Lipinski definition) is 1. The predicted octanol–water partition coefficient (Wildman–Crippen LogP) is 5.68. The number of ketones is 1. The first kappa shape index (κ1) is 21.0. The molecule has 1 aliphatic heterocycles. The Hall–Kier alpha value is -3.84. The molecule has 2 heterocycles. The van der Waals surface area contributed by atoms with Crippen molar-refractivity contribution in [2.24, 2.45) is 0 Å². The molecule has 4 aromatic rings. The Bertz CT molecular complexity index is 1440. The smallest absolute Gasteiger partial charge is 0.301 e. The number of carbonyl (C=O) groups excluding carboxylic acids is 2. The van der Waals surface area contributed by atoms with Gasteiger partial charge in [-0.25, -0.2) is 9.37 Å². The molecule has 5 rings (SSSR count). The summed E-state index contributed by atoms with van der Waals surface area (Å²) in [6.07, 6.45) is 0. The molecule has 0 saturated carbocycles. The maximum atomic E-state index is 13.7. The van der Waals surface area contributed by atoms with Crippen molar-refractivity contribution >= 4 is 44.1 Å². The molecule has 0 spiro atoms. The quantitative estimate of drug-likeness (QED) is 0.244. The van der Waals surface area contributed by atoms with Crippen LogP contribution in [0.1, 0.15) is 28.3 Å². The summed E-state index contributed by atoms with van der Waals surface area (Å²) in [5, 5.41) is 11.4. The summed E-state index contributed by atoms with van der Waals surface area (Å²) in [6, 6.07) is 17.2. The minimum Gasteiger partial charge on any atom is -0.507 e. The molecule has 0 aliphatic carbocycles. The van der Waals surface area contributed by atoms with Crippen LogP contribution in [0.4, 0.5) is 9.52 Å². The topological polar surface area (TPSA) is 70.5 Å². The summed E-state index contributed by atoms with van der Waals surface area (Å²) >= 11 is 1.30. The minimum absolute atomic E-state index is 0.0510. The maximum absolute atomic E-state index is 13.7. The number of fused-ring (bicyclic) bond motifs is 1. The summed E-state index contributed by atoms with van der Waals surface area (Å²) in [4.78, 5) is 32.4. The zero-order chi connectivity index (χ0) is 23.3. The van der Waals surface area contributed by atoms with E-state index < -0.39 is 23.5 Å². The molecule has 164 valence electrons. The third kappa shape index (κ3) is 3.50. The van der Waals surface area contributed by atoms with Crippen molar-refractivity contribution in [2.45, 2.75) is 19.9 Å². The van der Waals surface area contributed by atoms with Crippen LogP contribution in [0.25, 0.3) is 16.0 Å². The van der Waals surface area contributed by atoms with Crippen LogP contribution in [-0.4, -0.2) is 21.8 Å². The number of nitrogens with zero attached hydrogens (tertiary/aromatic N) is 2. The van der Waals surface area contributed by atoms with Crippen molar-refractivity contribution in [2.75, 3.05) is 4.90 Å². The number of aliphatic hydroxyl groups excluding tert-OH is 1. The lowest BCUT2D eigenvalue weighted by atomic mass is 9.95. The number of aromatic nitrogens is 1. The summed E-state index contributed by atoms with van der Waals surface area (Å²) in [5.41, 5.74) is 3.65. The fourth-order valence-corrected chi connectivity index (χ4v) is 5.37. The molecular weight excluding hydrogens is 439 g/mol. The lowest BCUT2D eigenvalue weighted by Gasteiger charge is -2.23. The lowest BCUT2D eigenvalue weighted by molar-refractivity contribution is -0.132. The Morgan fingerprint density at radius 2 is 1.73 bits per heavy atom. The molecule has 1 saturated heterocycles. The maximum Gasteiger partial charge on any atom is 0.301 e. The second-order valence-electron chi connectivity index (χ2n) is 8.01. The van der Waals surface area contributed by atoms with Crippen LogP contribution in [0.5, 0.6) is 0 Å². The number of halogens is 1. The van der Waals surface area contributed by atoms with Gasteiger partial charge in [0.15, 0.2) is 5.13 Å². The number of aliphatic hydroxyl groups is 1. The van der Waals surface area contributed by atoms with Crippen molar-refractivity contribution in [3.8, 4) is 0 Å². The van der Waals surface area contributed by atoms with E-state index in [1.165, 1.54) is 40.5 Å². The highest BCUT2D eigenvalue weighted by Gasteiger charge is 2.48. The monoisotopic (exact) mass is 458 g/mol. The van der Waals surface area contributed by atoms with Gasteiger partial charge in [0, 0.05) is 5.56 Å². The van der Waals surface area contributed by atoms with Crippen molar-refractivity contribution in [1.29, 1.82) is 0 Å². The van der Waals surface area contributed by atoms with Crippen molar-refractivity contribution < 1.29 is 19.1 Å². The molecule has 1 aliphatic rings. The van der Waals surface area contributed by atoms with Gasteiger partial charge in [0.05, 0.1) is 21.8 Å². The van der Waals surface area contributed by atoms with Crippen LogP contribution in [0.3, 0.4) is 0 Å². The Morgan fingerprint density at radius 1 is 1.03 bits per heavy atom. The number of benzene rings is 3. The largest absolute Gasteiger partial charge is 0.507 e. The number of carbonyl (C=O) groups is 2. The summed E-state index contributed by atoms with van der Waals surface area (Å²) in [7, 11) is 0. The fraction of sp³-hybridized carbons (Fsp3) is 0.115. The van der Waals surface area contributed by atoms with Gasteiger partial charge in [0.1, 0.15) is 11.6 Å². The first-order chi connectivity index (χ1) is 15.8. The fourth-order valence-electron chi connectivity index (χ4n) is 4.20. The number of rotatable bonds is 3. The predicted molar refractivity (Wildman–Crippen MR) is 127 cm³/mol. The minimum atomic E-state index is -0.937. The Balaban J connectivity index is 1.75. The van der Waals surface area contributed by atoms with E-state index in [1.807, 2.05) is 26.0 Å². The molecule has 7 heteroatoms. The third-order valence-electron chi connectivity index (χ3n) is 5.70. The normalized spacial score (nSPS) is 17.8. The first-order valence-corrected chi connectivity index (χ1v) is 11.2. The molecule has 1 atom stereocenters. The van der Waals surface area contributed by atoms with Gasteiger partial charge in [-0.05, 0) is 48.7 Å². The van der Waals surface area contributed by atoms with Crippen LogP contribution in [-0.2, 0) is 9.59 Å². The van der Waals surface area contributed by atoms with Crippen molar-refractivity contribution in [3.05, 3.63) is 100 Å². The lowest BCUT2D eigenvalue weighted by Crippen LogP contribution is -2.29. The Kier molecular flexibility index (Phi) is 5.06. The summed E-state index contributed by atoms with van der Waals surface area (Å²) in [6.45, 7) is 3.93. The summed E-state index contributed by atoms with van der Waals surface area (Å²) in [5.74, 6) is -2.31. The van der Waals surface area contributed by atoms with E-state index in [9.17, 15) is 19.1 Å². The number of Topliss-reactive ketones (excluding diaryl/α,β-unsaturated/α-hetero) is 1. The van der Waals surface area contributed by atoms with Gasteiger partial charge in [-0.1, -0.05) is 59.9 Å². The van der Waals surface area contributed by atoms with E-state index >= 15 is 0 Å². The zero-order valence-corrected chi connectivity index (χ0v) is 18.7. The van der Waals surface area contributed by atoms with Gasteiger partial charge < -0.3 is 5.11 Å². The molecule has 1 amide bonds. The third-order valence-corrected chi connectivity index (χ3v) is 6.70. The number of hydrogen-bond acceptors (Lipinski definition) is 5. The molecule has 5 nitrogen and oxygen atoms in total. The Morgan fingerprint density at radius 3 is 2.42 bits per heavy atom. The highest BCUT2D eigenvalue weighted by molar-refractivity contribution is 7.22. The van der Waals surface area contributed by atoms with Crippen LogP contribution >= 0.6 is 11.3 Å². The van der Waals surface area contributed by atoms with Crippen LogP contribution in [0.2, 0.25) is 0 Å². The van der Waals surface area contributed by atoms with Crippen molar-refractivity contribution in [1.82, 2.24) is 4.98 Å². The molecule has 0 bridgehead atoms. The first-order valence-electron chi connectivity index (χ1n) is 10.3. The molecule has 1 fully saturated rings. The van der Waals surface area contributed by atoms with Crippen LogP contribution < -0.4 is 4.90 Å². The van der Waals surface area contributed by atoms with Gasteiger partial charge in [0.25, 0.3) is 5.78 Å². The molecule has 0 unspecified atom stereocenters. The van der Waals surface area contributed by atoms with Crippen LogP contribution in [0.15, 0.2) is 72.3 Å². The molecular formula is C26H19FN2O3S. The van der Waals surface area contributed by atoms with E-state index in [0.717, 1.165) is 21.3 Å². The van der Waals surface area contributed by atoms with Crippen LogP contribution in [0, 0.1) is 19.7 Å². The van der Waals surface area contributed by atoms with Gasteiger partial charge in [-0.3, -0.25) is 14.5 Å². The van der Waals surface area contributed by atoms with E-state index in [0.29, 0.717) is 16.3 Å². The second-order valence-corrected chi connectivity index (χ2v) is 9.02. The molecule has 33 heavy (non-hydrogen) atoms. The van der Waals surface area contributed by atoms with E-state index in [4.69, 9.17) is 0 Å². The highest BCUT2D eigenvalue weighted by Crippen LogP contribution is 2.44. The number of aryl methyl sites for hydroxylation is 2. The number of thiazole rings is 1. The van der Waals surface area contributed by atoms with Gasteiger partial charge in [0.2, 0.25) is 0 Å². The molecule has 3 aromatic carbocycles. The van der Waals surface area contributed by atoms with Gasteiger partial charge in [-0.15, -0.1) is 0 Å².